The fourth-order valence-electron chi connectivity index (χ4n) is 2.06. The first kappa shape index (κ1) is 15.5. The molecule has 1 aliphatic heterocycles. The molecule has 0 unspecified atom stereocenters. The number of nitrogens with one attached hydrogen (secondary N) is 1. The number of methoxy groups -OCH3 is 1. The normalized spacial score (nSPS) is 14.7. The predicted octanol–water partition coefficient (Wildman–Crippen LogP) is 0.765. The number of hydrogen-bond acceptors (Lipinski definition) is 4. The first-order valence-electron chi connectivity index (χ1n) is 5.76. The number of carbonyl (C=O) groups is 1. The Morgan fingerprint density at radius 2 is 2.05 bits per heavy atom. The Kier molecular flexibility index (Phi) is 5.38. The molecule has 1 saturated heterocycles. The van der Waals surface area contributed by atoms with Gasteiger partial charge in [0.05, 0.1) is 12.8 Å². The molecular formula is C12H17ClFN3O2. The molecule has 106 valence electrons. The second-order valence-electron chi connectivity index (χ2n) is 4.11. The highest BCUT2D eigenvalue weighted by molar-refractivity contribution is 5.94. The largest absolute Gasteiger partial charge is 0.492 e. The molecule has 1 amide bonds. The fraction of sp³-hybridized carbons (Fsp3) is 0.417. The van der Waals surface area contributed by atoms with Crippen molar-refractivity contribution in [3.8, 4) is 5.75 Å². The van der Waals surface area contributed by atoms with Crippen LogP contribution in [0, 0.1) is 5.82 Å². The summed E-state index contributed by atoms with van der Waals surface area (Å²) in [5, 5.41) is 3.21. The Bertz CT molecular complexity index is 465. The van der Waals surface area contributed by atoms with Crippen LogP contribution in [0.3, 0.4) is 0 Å². The van der Waals surface area contributed by atoms with Gasteiger partial charge < -0.3 is 20.7 Å². The molecule has 1 aromatic rings. The van der Waals surface area contributed by atoms with Crippen LogP contribution in [-0.4, -0.2) is 39.2 Å². The van der Waals surface area contributed by atoms with Crippen LogP contribution in [0.2, 0.25) is 0 Å². The Labute approximate surface area is 117 Å². The highest BCUT2D eigenvalue weighted by Gasteiger charge is 2.20. The maximum absolute atomic E-state index is 13.9. The van der Waals surface area contributed by atoms with Crippen molar-refractivity contribution >= 4 is 24.0 Å². The molecule has 7 heteroatoms. The van der Waals surface area contributed by atoms with Crippen molar-refractivity contribution in [3.63, 3.8) is 0 Å². The average Bonchev–Trinajstić information content (AvgIpc) is 2.38. The number of rotatable bonds is 3. The number of ether oxygens (including phenoxy) is 1. The number of anilines is 1. The molecule has 0 aliphatic carbocycles. The lowest BCUT2D eigenvalue weighted by Gasteiger charge is -2.30. The second-order valence-corrected chi connectivity index (χ2v) is 4.11. The third kappa shape index (κ3) is 3.27. The minimum Gasteiger partial charge on any atom is -0.492 e. The first-order chi connectivity index (χ1) is 8.63. The summed E-state index contributed by atoms with van der Waals surface area (Å²) < 4.78 is 18.9. The molecule has 2 rings (SSSR count). The van der Waals surface area contributed by atoms with E-state index in [1.54, 1.807) is 6.07 Å². The summed E-state index contributed by atoms with van der Waals surface area (Å²) in [5.74, 6) is -1.06. The summed E-state index contributed by atoms with van der Waals surface area (Å²) in [5.41, 5.74) is 5.93. The lowest BCUT2D eigenvalue weighted by atomic mass is 10.1. The van der Waals surface area contributed by atoms with Crippen molar-refractivity contribution in [2.45, 2.75) is 0 Å². The molecule has 1 aliphatic rings. The van der Waals surface area contributed by atoms with Gasteiger partial charge in [-0.1, -0.05) is 0 Å². The van der Waals surface area contributed by atoms with E-state index < -0.39 is 11.7 Å². The molecular weight excluding hydrogens is 273 g/mol. The monoisotopic (exact) mass is 289 g/mol. The van der Waals surface area contributed by atoms with E-state index in [9.17, 15) is 9.18 Å². The third-order valence-corrected chi connectivity index (χ3v) is 2.97. The van der Waals surface area contributed by atoms with E-state index in [-0.39, 0.29) is 23.7 Å². The maximum Gasteiger partial charge on any atom is 0.248 e. The third-order valence-electron chi connectivity index (χ3n) is 2.97. The van der Waals surface area contributed by atoms with Crippen molar-refractivity contribution < 1.29 is 13.9 Å². The van der Waals surface area contributed by atoms with Gasteiger partial charge in [0.1, 0.15) is 0 Å². The van der Waals surface area contributed by atoms with Crippen LogP contribution in [0.4, 0.5) is 10.1 Å². The van der Waals surface area contributed by atoms with E-state index in [1.165, 1.54) is 7.11 Å². The fourth-order valence-corrected chi connectivity index (χ4v) is 2.06. The molecule has 0 bridgehead atoms. The molecule has 0 spiro atoms. The zero-order valence-corrected chi connectivity index (χ0v) is 11.4. The standard InChI is InChI=1S/C12H16FN3O2.ClH/c1-18-11-9(13)6-8(12(14)17)7-10(11)16-4-2-15-3-5-16;/h6-7,15H,2-5H2,1H3,(H2,14,17);1H. The molecule has 1 aromatic carbocycles. The van der Waals surface area contributed by atoms with Crippen LogP contribution in [0.25, 0.3) is 0 Å². The highest BCUT2D eigenvalue weighted by Crippen LogP contribution is 2.32. The Morgan fingerprint density at radius 3 is 2.58 bits per heavy atom. The quantitative estimate of drug-likeness (QED) is 0.862. The van der Waals surface area contributed by atoms with E-state index in [0.717, 1.165) is 32.2 Å². The van der Waals surface area contributed by atoms with Gasteiger partial charge in [0, 0.05) is 31.7 Å². The Hall–Kier alpha value is -1.53. The molecule has 5 nitrogen and oxygen atoms in total. The van der Waals surface area contributed by atoms with E-state index in [2.05, 4.69) is 5.32 Å². The van der Waals surface area contributed by atoms with Crippen molar-refractivity contribution in [2.24, 2.45) is 5.73 Å². The lowest BCUT2D eigenvalue weighted by Crippen LogP contribution is -2.43. The lowest BCUT2D eigenvalue weighted by molar-refractivity contribution is 0.1000. The maximum atomic E-state index is 13.9. The molecule has 1 fully saturated rings. The van der Waals surface area contributed by atoms with Gasteiger partial charge in [-0.25, -0.2) is 4.39 Å². The van der Waals surface area contributed by atoms with Crippen molar-refractivity contribution in [1.82, 2.24) is 5.32 Å². The number of nitrogens with zero attached hydrogens (tertiary/aromatic N) is 1. The first-order valence-corrected chi connectivity index (χ1v) is 5.76. The van der Waals surface area contributed by atoms with E-state index in [1.807, 2.05) is 4.90 Å². The molecule has 0 radical (unpaired) electrons. The average molecular weight is 290 g/mol. The SMILES string of the molecule is COc1c(F)cc(C(N)=O)cc1N1CCNCC1.Cl. The van der Waals surface area contributed by atoms with Crippen molar-refractivity contribution in [2.75, 3.05) is 38.2 Å². The smallest absolute Gasteiger partial charge is 0.248 e. The second kappa shape index (κ2) is 6.58. The number of nitrogens with two attached hydrogens (primary N) is 1. The van der Waals surface area contributed by atoms with Gasteiger partial charge in [0.15, 0.2) is 11.6 Å². The molecule has 1 heterocycles. The number of benzene rings is 1. The minimum atomic E-state index is -0.645. The zero-order chi connectivity index (χ0) is 13.1. The molecule has 0 atom stereocenters. The van der Waals surface area contributed by atoms with E-state index in [4.69, 9.17) is 10.5 Å². The summed E-state index contributed by atoms with van der Waals surface area (Å²) in [6.07, 6.45) is 0. The number of carbonyl (C=O) groups excluding carboxylic acids is 1. The minimum absolute atomic E-state index is 0. The number of hydrogen-bond donors (Lipinski definition) is 2. The van der Waals surface area contributed by atoms with E-state index >= 15 is 0 Å². The number of amides is 1. The zero-order valence-electron chi connectivity index (χ0n) is 10.6. The molecule has 0 saturated carbocycles. The van der Waals surface area contributed by atoms with Crippen LogP contribution < -0.4 is 20.7 Å². The van der Waals surface area contributed by atoms with Crippen molar-refractivity contribution in [1.29, 1.82) is 0 Å². The van der Waals surface area contributed by atoms with Gasteiger partial charge in [-0.3, -0.25) is 4.79 Å². The van der Waals surface area contributed by atoms with Crippen LogP contribution in [0.5, 0.6) is 5.75 Å². The summed E-state index contributed by atoms with van der Waals surface area (Å²) in [6.45, 7) is 3.09. The summed E-state index contributed by atoms with van der Waals surface area (Å²) in [4.78, 5) is 13.1. The number of piperazine rings is 1. The van der Waals surface area contributed by atoms with Crippen LogP contribution in [0.15, 0.2) is 12.1 Å². The summed E-state index contributed by atoms with van der Waals surface area (Å²) in [6, 6.07) is 2.68. The van der Waals surface area contributed by atoms with Crippen molar-refractivity contribution in [3.05, 3.63) is 23.5 Å². The van der Waals surface area contributed by atoms with Gasteiger partial charge in [0.25, 0.3) is 0 Å². The van der Waals surface area contributed by atoms with Crippen LogP contribution >= 0.6 is 12.4 Å². The highest BCUT2D eigenvalue weighted by atomic mass is 35.5. The van der Waals surface area contributed by atoms with Gasteiger partial charge in [0.2, 0.25) is 5.91 Å². The van der Waals surface area contributed by atoms with Crippen LogP contribution in [0.1, 0.15) is 10.4 Å². The number of halogens is 2. The summed E-state index contributed by atoms with van der Waals surface area (Å²) >= 11 is 0. The molecule has 19 heavy (non-hydrogen) atoms. The van der Waals surface area contributed by atoms with Gasteiger partial charge in [-0.2, -0.15) is 0 Å². The topological polar surface area (TPSA) is 67.6 Å². The van der Waals surface area contributed by atoms with Gasteiger partial charge >= 0.3 is 0 Å². The Balaban J connectivity index is 0.00000180. The molecule has 0 aromatic heterocycles. The van der Waals surface area contributed by atoms with Crippen LogP contribution in [-0.2, 0) is 0 Å². The van der Waals surface area contributed by atoms with Gasteiger partial charge in [-0.05, 0) is 12.1 Å². The molecule has 3 N–H and O–H groups in total. The Morgan fingerprint density at radius 1 is 1.42 bits per heavy atom. The van der Waals surface area contributed by atoms with E-state index in [0.29, 0.717) is 5.69 Å². The predicted molar refractivity (Wildman–Crippen MR) is 73.8 cm³/mol. The summed E-state index contributed by atoms with van der Waals surface area (Å²) in [7, 11) is 1.41. The van der Waals surface area contributed by atoms with Gasteiger partial charge in [-0.15, -0.1) is 12.4 Å². The number of primary amides is 1.